The molecule has 1 fully saturated rings. The van der Waals surface area contributed by atoms with E-state index in [-0.39, 0.29) is 23.9 Å². The van der Waals surface area contributed by atoms with Gasteiger partial charge in [0.25, 0.3) is 5.91 Å². The maximum atomic E-state index is 13.8. The number of morpholine rings is 1. The Labute approximate surface area is 194 Å². The van der Waals surface area contributed by atoms with E-state index in [9.17, 15) is 9.18 Å². The molecular weight excluding hydrogens is 419 g/mol. The topological polar surface area (TPSA) is 45.9 Å². The number of nitrogens with zero attached hydrogens (tertiary/aromatic N) is 2. The Kier molecular flexibility index (Phi) is 7.26. The molecule has 0 bridgehead atoms. The highest BCUT2D eigenvalue weighted by atomic mass is 19.1. The first-order chi connectivity index (χ1) is 15.9. The van der Waals surface area contributed by atoms with E-state index in [0.717, 1.165) is 11.1 Å². The van der Waals surface area contributed by atoms with Gasteiger partial charge in [-0.1, -0.05) is 42.0 Å². The molecule has 0 spiro atoms. The third kappa shape index (κ3) is 6.30. The van der Waals surface area contributed by atoms with Crippen molar-refractivity contribution in [3.63, 3.8) is 0 Å². The van der Waals surface area contributed by atoms with E-state index in [1.807, 2.05) is 26.0 Å². The van der Waals surface area contributed by atoms with Crippen molar-refractivity contribution >= 4 is 5.91 Å². The number of aryl methyl sites for hydroxylation is 1. The number of hydrogen-bond acceptors (Lipinski definition) is 4. The minimum atomic E-state index is -0.248. The zero-order chi connectivity index (χ0) is 23.4. The summed E-state index contributed by atoms with van der Waals surface area (Å²) in [5, 5.41) is 0. The van der Waals surface area contributed by atoms with Gasteiger partial charge >= 0.3 is 0 Å². The summed E-state index contributed by atoms with van der Waals surface area (Å²) in [4.78, 5) is 16.9. The second kappa shape index (κ2) is 10.3. The predicted molar refractivity (Wildman–Crippen MR) is 125 cm³/mol. The van der Waals surface area contributed by atoms with Crippen LogP contribution in [0.1, 0.15) is 46.9 Å². The molecule has 1 aromatic heterocycles. The minimum absolute atomic E-state index is 0.00315. The standard InChI is InChI=1S/C27H31FN2O3/c1-19-7-9-22(10-8-19)16-29(17-23-5-4-6-24(28)13-23)18-25-11-12-26(33-25)27(31)30-14-20(2)32-21(3)15-30/h4-13,20-21H,14-18H2,1-3H3. The Morgan fingerprint density at radius 3 is 2.36 bits per heavy atom. The average Bonchev–Trinajstić information content (AvgIpc) is 3.22. The van der Waals surface area contributed by atoms with E-state index >= 15 is 0 Å². The Morgan fingerprint density at radius 1 is 0.970 bits per heavy atom. The lowest BCUT2D eigenvalue weighted by molar-refractivity contribution is -0.0592. The van der Waals surface area contributed by atoms with Crippen LogP contribution in [0.2, 0.25) is 0 Å². The zero-order valence-electron chi connectivity index (χ0n) is 19.5. The molecule has 33 heavy (non-hydrogen) atoms. The molecule has 2 atom stereocenters. The van der Waals surface area contributed by atoms with E-state index < -0.39 is 0 Å². The van der Waals surface area contributed by atoms with Crippen molar-refractivity contribution < 1.29 is 18.3 Å². The van der Waals surface area contributed by atoms with Crippen LogP contribution in [0.3, 0.4) is 0 Å². The first-order valence-corrected chi connectivity index (χ1v) is 11.4. The molecule has 2 unspecified atom stereocenters. The Morgan fingerprint density at radius 2 is 1.67 bits per heavy atom. The van der Waals surface area contributed by atoms with Gasteiger partial charge in [-0.3, -0.25) is 9.69 Å². The van der Waals surface area contributed by atoms with Crippen molar-refractivity contribution in [2.24, 2.45) is 0 Å². The van der Waals surface area contributed by atoms with Crippen LogP contribution < -0.4 is 0 Å². The second-order valence-electron chi connectivity index (χ2n) is 8.99. The van der Waals surface area contributed by atoms with E-state index in [2.05, 4.69) is 36.1 Å². The fraction of sp³-hybridized carbons (Fsp3) is 0.370. The Hall–Kier alpha value is -2.96. The maximum Gasteiger partial charge on any atom is 0.289 e. The van der Waals surface area contributed by atoms with Crippen LogP contribution in [0.15, 0.2) is 65.1 Å². The number of benzene rings is 2. The van der Waals surface area contributed by atoms with Gasteiger partial charge in [0, 0.05) is 26.2 Å². The van der Waals surface area contributed by atoms with Gasteiger partial charge < -0.3 is 14.1 Å². The molecule has 6 heteroatoms. The highest BCUT2D eigenvalue weighted by molar-refractivity contribution is 5.91. The van der Waals surface area contributed by atoms with Crippen LogP contribution in [-0.2, 0) is 24.4 Å². The van der Waals surface area contributed by atoms with Gasteiger partial charge in [0.15, 0.2) is 5.76 Å². The van der Waals surface area contributed by atoms with Crippen molar-refractivity contribution in [2.75, 3.05) is 13.1 Å². The molecule has 2 aromatic carbocycles. The van der Waals surface area contributed by atoms with Gasteiger partial charge in [-0.25, -0.2) is 4.39 Å². The predicted octanol–water partition coefficient (Wildman–Crippen LogP) is 5.18. The van der Waals surface area contributed by atoms with Gasteiger partial charge in [-0.2, -0.15) is 0 Å². The molecule has 174 valence electrons. The Balaban J connectivity index is 1.49. The average molecular weight is 451 g/mol. The second-order valence-corrected chi connectivity index (χ2v) is 8.99. The highest BCUT2D eigenvalue weighted by Crippen LogP contribution is 2.20. The molecular formula is C27H31FN2O3. The number of carbonyl (C=O) groups excluding carboxylic acids is 1. The SMILES string of the molecule is Cc1ccc(CN(Cc2cccc(F)c2)Cc2ccc(C(=O)N3CC(C)OC(C)C3)o2)cc1. The quantitative estimate of drug-likeness (QED) is 0.498. The molecule has 2 heterocycles. The lowest BCUT2D eigenvalue weighted by atomic mass is 10.1. The number of ether oxygens (including phenoxy) is 1. The summed E-state index contributed by atoms with van der Waals surface area (Å²) in [6.45, 7) is 8.86. The fourth-order valence-electron chi connectivity index (χ4n) is 4.31. The molecule has 3 aromatic rings. The molecule has 1 saturated heterocycles. The fourth-order valence-corrected chi connectivity index (χ4v) is 4.31. The van der Waals surface area contributed by atoms with Crippen molar-refractivity contribution in [1.29, 1.82) is 0 Å². The lowest BCUT2D eigenvalue weighted by Gasteiger charge is -2.34. The first kappa shape index (κ1) is 23.2. The van der Waals surface area contributed by atoms with E-state index in [1.54, 1.807) is 23.1 Å². The molecule has 0 N–H and O–H groups in total. The molecule has 4 rings (SSSR count). The van der Waals surface area contributed by atoms with Gasteiger partial charge in [0.05, 0.1) is 18.8 Å². The smallest absolute Gasteiger partial charge is 0.289 e. The summed E-state index contributed by atoms with van der Waals surface area (Å²) in [6, 6.07) is 18.6. The maximum absolute atomic E-state index is 13.8. The third-order valence-corrected chi connectivity index (χ3v) is 5.78. The molecule has 1 amide bonds. The first-order valence-electron chi connectivity index (χ1n) is 11.4. The van der Waals surface area contributed by atoms with Crippen LogP contribution in [0.25, 0.3) is 0 Å². The number of rotatable bonds is 7. The van der Waals surface area contributed by atoms with Crippen LogP contribution in [0.5, 0.6) is 0 Å². The number of furan rings is 1. The van der Waals surface area contributed by atoms with Crippen molar-refractivity contribution in [3.05, 3.63) is 94.7 Å². The number of halogens is 1. The molecule has 0 saturated carbocycles. The zero-order valence-corrected chi connectivity index (χ0v) is 19.5. The van der Waals surface area contributed by atoms with Crippen molar-refractivity contribution in [2.45, 2.75) is 52.6 Å². The van der Waals surface area contributed by atoms with Gasteiger partial charge in [-0.15, -0.1) is 0 Å². The molecule has 0 aliphatic carbocycles. The van der Waals surface area contributed by atoms with Crippen molar-refractivity contribution in [3.8, 4) is 0 Å². The van der Waals surface area contributed by atoms with Crippen LogP contribution in [0, 0.1) is 12.7 Å². The van der Waals surface area contributed by atoms with E-state index in [1.165, 1.54) is 11.6 Å². The third-order valence-electron chi connectivity index (χ3n) is 5.78. The summed E-state index contributed by atoms with van der Waals surface area (Å²) in [5.74, 6) is 0.685. The van der Waals surface area contributed by atoms with E-state index in [0.29, 0.717) is 44.2 Å². The van der Waals surface area contributed by atoms with Gasteiger partial charge in [-0.05, 0) is 56.2 Å². The number of hydrogen-bond donors (Lipinski definition) is 0. The molecule has 5 nitrogen and oxygen atoms in total. The summed E-state index contributed by atoms with van der Waals surface area (Å²) in [5.41, 5.74) is 3.26. The van der Waals surface area contributed by atoms with Crippen LogP contribution in [0.4, 0.5) is 4.39 Å². The van der Waals surface area contributed by atoms with Gasteiger partial charge in [0.1, 0.15) is 11.6 Å². The van der Waals surface area contributed by atoms with Crippen molar-refractivity contribution in [1.82, 2.24) is 9.80 Å². The molecule has 1 aliphatic heterocycles. The summed E-state index contributed by atoms with van der Waals surface area (Å²) in [7, 11) is 0. The number of amides is 1. The summed E-state index contributed by atoms with van der Waals surface area (Å²) in [6.07, 6.45) is 0.00630. The summed E-state index contributed by atoms with van der Waals surface area (Å²) >= 11 is 0. The van der Waals surface area contributed by atoms with Crippen LogP contribution >= 0.6 is 0 Å². The minimum Gasteiger partial charge on any atom is -0.455 e. The van der Waals surface area contributed by atoms with Crippen LogP contribution in [-0.4, -0.2) is 41.0 Å². The Bertz CT molecular complexity index is 1070. The summed E-state index contributed by atoms with van der Waals surface area (Å²) < 4.78 is 25.5. The monoisotopic (exact) mass is 450 g/mol. The normalized spacial score (nSPS) is 18.6. The largest absolute Gasteiger partial charge is 0.455 e. The molecule has 0 radical (unpaired) electrons. The van der Waals surface area contributed by atoms with Gasteiger partial charge in [0.2, 0.25) is 0 Å². The lowest BCUT2D eigenvalue weighted by Crippen LogP contribution is -2.48. The highest BCUT2D eigenvalue weighted by Gasteiger charge is 2.28. The molecule has 1 aliphatic rings. The van der Waals surface area contributed by atoms with E-state index in [4.69, 9.17) is 9.15 Å². The number of carbonyl (C=O) groups is 1.